The second kappa shape index (κ2) is 6.80. The lowest BCUT2D eigenvalue weighted by Crippen LogP contribution is -2.30. The molecule has 1 saturated carbocycles. The summed E-state index contributed by atoms with van der Waals surface area (Å²) in [4.78, 5) is 13.3. The van der Waals surface area contributed by atoms with Crippen LogP contribution in [0.3, 0.4) is 0 Å². The van der Waals surface area contributed by atoms with E-state index in [1.165, 1.54) is 12.8 Å². The SMILES string of the molecule is CCOC(=O)COCCN(CC)C1CC1. The van der Waals surface area contributed by atoms with Gasteiger partial charge in [0.2, 0.25) is 0 Å². The Bertz CT molecular complexity index is 192. The van der Waals surface area contributed by atoms with Gasteiger partial charge >= 0.3 is 5.97 Å². The van der Waals surface area contributed by atoms with E-state index < -0.39 is 0 Å². The van der Waals surface area contributed by atoms with E-state index in [9.17, 15) is 4.79 Å². The van der Waals surface area contributed by atoms with Crippen LogP contribution in [0, 0.1) is 0 Å². The Balaban J connectivity index is 1.97. The van der Waals surface area contributed by atoms with E-state index in [2.05, 4.69) is 11.8 Å². The van der Waals surface area contributed by atoms with Gasteiger partial charge in [0, 0.05) is 12.6 Å². The smallest absolute Gasteiger partial charge is 0.332 e. The van der Waals surface area contributed by atoms with Gasteiger partial charge in [-0.2, -0.15) is 0 Å². The van der Waals surface area contributed by atoms with Crippen molar-refractivity contribution in [3.63, 3.8) is 0 Å². The van der Waals surface area contributed by atoms with Gasteiger partial charge in [0.25, 0.3) is 0 Å². The first-order chi connectivity index (χ1) is 7.27. The molecule has 15 heavy (non-hydrogen) atoms. The molecule has 0 aliphatic heterocycles. The summed E-state index contributed by atoms with van der Waals surface area (Å²) in [5.74, 6) is -0.271. The molecule has 0 unspecified atom stereocenters. The third-order valence-electron chi connectivity index (χ3n) is 2.52. The van der Waals surface area contributed by atoms with Crippen molar-refractivity contribution in [3.8, 4) is 0 Å². The monoisotopic (exact) mass is 215 g/mol. The number of carbonyl (C=O) groups is 1. The van der Waals surface area contributed by atoms with E-state index in [0.29, 0.717) is 13.2 Å². The van der Waals surface area contributed by atoms with Crippen LogP contribution in [-0.2, 0) is 14.3 Å². The number of esters is 1. The van der Waals surface area contributed by atoms with E-state index in [1.807, 2.05) is 0 Å². The number of likely N-dealkylation sites (N-methyl/N-ethyl adjacent to an activating group) is 1. The average Bonchev–Trinajstić information content (AvgIpc) is 3.02. The molecule has 0 aromatic heterocycles. The van der Waals surface area contributed by atoms with Crippen molar-refractivity contribution >= 4 is 5.97 Å². The van der Waals surface area contributed by atoms with Crippen molar-refractivity contribution in [1.29, 1.82) is 0 Å². The van der Waals surface area contributed by atoms with Crippen molar-refractivity contribution in [1.82, 2.24) is 4.90 Å². The van der Waals surface area contributed by atoms with Crippen LogP contribution in [0.4, 0.5) is 0 Å². The highest BCUT2D eigenvalue weighted by molar-refractivity contribution is 5.70. The quantitative estimate of drug-likeness (QED) is 0.448. The molecule has 0 spiro atoms. The highest BCUT2D eigenvalue weighted by Gasteiger charge is 2.27. The zero-order chi connectivity index (χ0) is 11.1. The predicted octanol–water partition coefficient (Wildman–Crippen LogP) is 1.05. The minimum Gasteiger partial charge on any atom is -0.464 e. The predicted molar refractivity (Wildman–Crippen MR) is 57.7 cm³/mol. The van der Waals surface area contributed by atoms with Crippen LogP contribution < -0.4 is 0 Å². The van der Waals surface area contributed by atoms with Gasteiger partial charge in [0.1, 0.15) is 6.61 Å². The molecule has 0 heterocycles. The minimum absolute atomic E-state index is 0.0794. The van der Waals surface area contributed by atoms with Crippen LogP contribution >= 0.6 is 0 Å². The Labute approximate surface area is 91.5 Å². The minimum atomic E-state index is -0.271. The zero-order valence-corrected chi connectivity index (χ0v) is 9.70. The lowest BCUT2D eigenvalue weighted by atomic mass is 10.4. The maximum atomic E-state index is 10.9. The first-order valence-electron chi connectivity index (χ1n) is 5.75. The number of hydrogen-bond donors (Lipinski definition) is 0. The molecular weight excluding hydrogens is 194 g/mol. The van der Waals surface area contributed by atoms with Gasteiger partial charge in [-0.15, -0.1) is 0 Å². The molecule has 88 valence electrons. The molecular formula is C11H21NO3. The highest BCUT2D eigenvalue weighted by Crippen LogP contribution is 2.25. The third kappa shape index (κ3) is 5.14. The largest absolute Gasteiger partial charge is 0.464 e. The number of nitrogens with zero attached hydrogens (tertiary/aromatic N) is 1. The third-order valence-corrected chi connectivity index (χ3v) is 2.52. The summed E-state index contributed by atoms with van der Waals surface area (Å²) in [5.41, 5.74) is 0. The molecule has 0 bridgehead atoms. The standard InChI is InChI=1S/C11H21NO3/c1-3-12(10-5-6-10)7-8-14-9-11(13)15-4-2/h10H,3-9H2,1-2H3. The zero-order valence-electron chi connectivity index (χ0n) is 9.70. The highest BCUT2D eigenvalue weighted by atomic mass is 16.6. The van der Waals surface area contributed by atoms with Crippen molar-refractivity contribution in [2.45, 2.75) is 32.7 Å². The first-order valence-corrected chi connectivity index (χ1v) is 5.75. The lowest BCUT2D eigenvalue weighted by molar-refractivity contribution is -0.148. The fourth-order valence-electron chi connectivity index (χ4n) is 1.58. The van der Waals surface area contributed by atoms with Crippen molar-refractivity contribution in [2.75, 3.05) is 32.9 Å². The summed E-state index contributed by atoms with van der Waals surface area (Å²) in [6, 6.07) is 0.765. The summed E-state index contributed by atoms with van der Waals surface area (Å²) >= 11 is 0. The molecule has 0 radical (unpaired) electrons. The summed E-state index contributed by atoms with van der Waals surface area (Å²) in [7, 11) is 0. The summed E-state index contributed by atoms with van der Waals surface area (Å²) in [6.07, 6.45) is 2.62. The Kier molecular flexibility index (Phi) is 5.65. The van der Waals surface area contributed by atoms with Gasteiger partial charge in [-0.05, 0) is 26.3 Å². The topological polar surface area (TPSA) is 38.8 Å². The van der Waals surface area contributed by atoms with Crippen LogP contribution in [0.25, 0.3) is 0 Å². The van der Waals surface area contributed by atoms with Crippen molar-refractivity contribution < 1.29 is 14.3 Å². The summed E-state index contributed by atoms with van der Waals surface area (Å²) < 4.78 is 10.00. The van der Waals surface area contributed by atoms with Crippen LogP contribution in [0.1, 0.15) is 26.7 Å². The summed E-state index contributed by atoms with van der Waals surface area (Å²) in [5, 5.41) is 0. The molecule has 0 aromatic rings. The van der Waals surface area contributed by atoms with Crippen LogP contribution in [0.5, 0.6) is 0 Å². The normalized spacial score (nSPS) is 15.7. The number of ether oxygens (including phenoxy) is 2. The van der Waals surface area contributed by atoms with Crippen LogP contribution in [-0.4, -0.2) is 49.8 Å². The molecule has 0 saturated heterocycles. The second-order valence-corrected chi connectivity index (χ2v) is 3.72. The van der Waals surface area contributed by atoms with E-state index in [4.69, 9.17) is 9.47 Å². The molecule has 0 amide bonds. The maximum absolute atomic E-state index is 10.9. The van der Waals surface area contributed by atoms with Crippen LogP contribution in [0.15, 0.2) is 0 Å². The molecule has 0 N–H and O–H groups in total. The fourth-order valence-corrected chi connectivity index (χ4v) is 1.58. The van der Waals surface area contributed by atoms with E-state index >= 15 is 0 Å². The second-order valence-electron chi connectivity index (χ2n) is 3.72. The van der Waals surface area contributed by atoms with E-state index in [0.717, 1.165) is 19.1 Å². The Hall–Kier alpha value is -0.610. The van der Waals surface area contributed by atoms with Crippen LogP contribution in [0.2, 0.25) is 0 Å². The maximum Gasteiger partial charge on any atom is 0.332 e. The Morgan fingerprint density at radius 3 is 2.67 bits per heavy atom. The van der Waals surface area contributed by atoms with Gasteiger partial charge in [-0.1, -0.05) is 6.92 Å². The Morgan fingerprint density at radius 1 is 1.40 bits per heavy atom. The molecule has 1 aliphatic rings. The van der Waals surface area contributed by atoms with Crippen molar-refractivity contribution in [2.24, 2.45) is 0 Å². The van der Waals surface area contributed by atoms with E-state index in [1.54, 1.807) is 6.92 Å². The lowest BCUT2D eigenvalue weighted by Gasteiger charge is -2.19. The molecule has 4 heteroatoms. The molecule has 1 rings (SSSR count). The van der Waals surface area contributed by atoms with Gasteiger partial charge in [-0.25, -0.2) is 4.79 Å². The molecule has 1 aliphatic carbocycles. The molecule has 0 atom stereocenters. The first kappa shape index (κ1) is 12.5. The molecule has 0 aromatic carbocycles. The fraction of sp³-hybridized carbons (Fsp3) is 0.909. The molecule has 1 fully saturated rings. The summed E-state index contributed by atoms with van der Waals surface area (Å²) in [6.45, 7) is 7.05. The van der Waals surface area contributed by atoms with Gasteiger partial charge in [-0.3, -0.25) is 4.90 Å². The van der Waals surface area contributed by atoms with E-state index in [-0.39, 0.29) is 12.6 Å². The Morgan fingerprint density at radius 2 is 2.13 bits per heavy atom. The van der Waals surface area contributed by atoms with Crippen molar-refractivity contribution in [3.05, 3.63) is 0 Å². The molecule has 4 nitrogen and oxygen atoms in total. The van der Waals surface area contributed by atoms with Gasteiger partial charge in [0.05, 0.1) is 13.2 Å². The average molecular weight is 215 g/mol. The number of rotatable bonds is 8. The van der Waals surface area contributed by atoms with Gasteiger partial charge < -0.3 is 9.47 Å². The number of hydrogen-bond acceptors (Lipinski definition) is 4. The number of carbonyl (C=O) groups excluding carboxylic acids is 1. The van der Waals surface area contributed by atoms with Gasteiger partial charge in [0.15, 0.2) is 0 Å².